The summed E-state index contributed by atoms with van der Waals surface area (Å²) in [6.07, 6.45) is 5.84. The smallest absolute Gasteiger partial charge is 0.258 e. The second-order valence-corrected chi connectivity index (χ2v) is 12.2. The molecule has 5 rings (SSSR count). The van der Waals surface area contributed by atoms with Gasteiger partial charge in [-0.25, -0.2) is 18.1 Å². The average Bonchev–Trinajstić information content (AvgIpc) is 3.31. The van der Waals surface area contributed by atoms with Gasteiger partial charge >= 0.3 is 0 Å². The van der Waals surface area contributed by atoms with Gasteiger partial charge in [-0.15, -0.1) is 0 Å². The maximum Gasteiger partial charge on any atom is 0.258 e. The van der Waals surface area contributed by atoms with E-state index >= 15 is 0 Å². The van der Waals surface area contributed by atoms with E-state index in [4.69, 9.17) is 9.47 Å². The lowest BCUT2D eigenvalue weighted by Gasteiger charge is -2.41. The Kier molecular flexibility index (Phi) is 8.21. The van der Waals surface area contributed by atoms with Gasteiger partial charge in [-0.1, -0.05) is 12.1 Å². The third-order valence-corrected chi connectivity index (χ3v) is 8.32. The lowest BCUT2D eigenvalue weighted by atomic mass is 9.97. The van der Waals surface area contributed by atoms with Crippen molar-refractivity contribution in [3.63, 3.8) is 0 Å². The zero-order valence-electron chi connectivity index (χ0n) is 22.3. The summed E-state index contributed by atoms with van der Waals surface area (Å²) in [6.45, 7) is 2.28. The van der Waals surface area contributed by atoms with Gasteiger partial charge in [0.05, 0.1) is 37.2 Å². The van der Waals surface area contributed by atoms with Crippen molar-refractivity contribution in [2.75, 3.05) is 39.0 Å². The molecule has 39 heavy (non-hydrogen) atoms. The Hall–Kier alpha value is -3.00. The number of ether oxygens (including phenoxy) is 2. The van der Waals surface area contributed by atoms with Crippen molar-refractivity contribution >= 4 is 21.8 Å². The molecule has 2 fully saturated rings. The number of fused-ring (bicyclic) bond motifs is 4. The van der Waals surface area contributed by atoms with E-state index in [1.165, 1.54) is 0 Å². The number of hydrogen-bond donors (Lipinski definition) is 2. The number of sulfonamides is 1. The minimum absolute atomic E-state index is 0.123. The molecule has 0 radical (unpaired) electrons. The number of rotatable bonds is 4. The van der Waals surface area contributed by atoms with Crippen LogP contribution in [0.5, 0.6) is 5.75 Å². The molecule has 0 spiro atoms. The number of aromatic nitrogens is 2. The van der Waals surface area contributed by atoms with Crippen LogP contribution in [-0.4, -0.2) is 103 Å². The molecule has 212 valence electrons. The lowest BCUT2D eigenvalue weighted by Crippen LogP contribution is -2.62. The number of para-hydroxylation sites is 1. The first-order chi connectivity index (χ1) is 18.7. The Balaban J connectivity index is 1.42. The number of carbonyl (C=O) groups is 2. The summed E-state index contributed by atoms with van der Waals surface area (Å²) in [5.74, 6) is 0.768. The van der Waals surface area contributed by atoms with Crippen LogP contribution in [0.15, 0.2) is 36.7 Å². The van der Waals surface area contributed by atoms with Crippen molar-refractivity contribution < 1.29 is 27.5 Å². The highest BCUT2D eigenvalue weighted by Crippen LogP contribution is 2.26. The number of imidazole rings is 1. The van der Waals surface area contributed by atoms with E-state index in [-0.39, 0.29) is 24.5 Å². The topological polar surface area (TPSA) is 135 Å². The van der Waals surface area contributed by atoms with Crippen molar-refractivity contribution in [3.8, 4) is 5.75 Å². The zero-order chi connectivity index (χ0) is 27.6. The van der Waals surface area contributed by atoms with E-state index < -0.39 is 28.2 Å². The van der Waals surface area contributed by atoms with Gasteiger partial charge in [0.15, 0.2) is 0 Å². The molecule has 0 aliphatic carbocycles. The SMILES string of the molecule is Cn1ccnc1CN1CCN2C(=O)c3ccccc3OCC[C@@H]3CC[C@@H](NS(C)(=O)=O)[C@@H](CNC(=O)[C@@H]2C1)O3. The quantitative estimate of drug-likeness (QED) is 0.538. The van der Waals surface area contributed by atoms with Crippen molar-refractivity contribution in [3.05, 3.63) is 48.0 Å². The summed E-state index contributed by atoms with van der Waals surface area (Å²) in [5, 5.41) is 2.97. The number of nitrogens with one attached hydrogen (secondary N) is 2. The molecule has 2 amide bonds. The van der Waals surface area contributed by atoms with Crippen molar-refractivity contribution in [2.45, 2.75) is 50.1 Å². The molecular formula is C26H36N6O6S. The summed E-state index contributed by atoms with van der Waals surface area (Å²) in [6, 6.07) is 5.88. The monoisotopic (exact) mass is 560 g/mol. The Labute approximate surface area is 228 Å². The standard InChI is InChI=1S/C26H36N6O6S/c1-30-11-10-27-24(30)17-31-12-13-32-21(16-31)25(33)28-15-23-20(29-39(2,35)36)8-7-18(38-23)9-14-37-22-6-4-3-5-19(22)26(32)34/h3-6,10-11,18,20-21,23,29H,7-9,12-17H2,1-2H3,(H,28,33)/t18-,20+,21-,23+/m0/s1. The first-order valence-electron chi connectivity index (χ1n) is 13.3. The predicted molar refractivity (Wildman–Crippen MR) is 143 cm³/mol. The summed E-state index contributed by atoms with van der Waals surface area (Å²) < 4.78 is 40.9. The van der Waals surface area contributed by atoms with Crippen molar-refractivity contribution in [2.24, 2.45) is 7.05 Å². The molecule has 2 saturated heterocycles. The van der Waals surface area contributed by atoms with Crippen LogP contribution in [-0.2, 0) is 33.1 Å². The summed E-state index contributed by atoms with van der Waals surface area (Å²) >= 11 is 0. The summed E-state index contributed by atoms with van der Waals surface area (Å²) in [7, 11) is -1.54. The van der Waals surface area contributed by atoms with Crippen molar-refractivity contribution in [1.82, 2.24) is 29.4 Å². The zero-order valence-corrected chi connectivity index (χ0v) is 23.1. The van der Waals surface area contributed by atoms with Crippen LogP contribution in [0.2, 0.25) is 0 Å². The number of benzene rings is 1. The molecule has 12 nitrogen and oxygen atoms in total. The lowest BCUT2D eigenvalue weighted by molar-refractivity contribution is -0.130. The largest absolute Gasteiger partial charge is 0.493 e. The fraction of sp³-hybridized carbons (Fsp3) is 0.577. The molecule has 3 aliphatic heterocycles. The number of nitrogens with zero attached hydrogens (tertiary/aromatic N) is 4. The van der Waals surface area contributed by atoms with Crippen LogP contribution >= 0.6 is 0 Å². The van der Waals surface area contributed by atoms with E-state index in [0.717, 1.165) is 12.1 Å². The molecule has 13 heteroatoms. The molecule has 2 N–H and O–H groups in total. The predicted octanol–water partition coefficient (Wildman–Crippen LogP) is 0.111. The third-order valence-electron chi connectivity index (χ3n) is 7.59. The maximum absolute atomic E-state index is 13.8. The van der Waals surface area contributed by atoms with Gasteiger partial charge in [-0.2, -0.15) is 0 Å². The molecule has 3 aliphatic rings. The fourth-order valence-electron chi connectivity index (χ4n) is 5.52. The molecule has 1 aromatic carbocycles. The van der Waals surface area contributed by atoms with Gasteiger partial charge in [-0.3, -0.25) is 14.5 Å². The first-order valence-corrected chi connectivity index (χ1v) is 15.2. The molecule has 0 unspecified atom stereocenters. The average molecular weight is 561 g/mol. The van der Waals surface area contributed by atoms with Crippen LogP contribution in [0.3, 0.4) is 0 Å². The van der Waals surface area contributed by atoms with Gasteiger partial charge in [-0.05, 0) is 25.0 Å². The van der Waals surface area contributed by atoms with Gasteiger partial charge in [0.25, 0.3) is 5.91 Å². The number of aryl methyl sites for hydroxylation is 1. The minimum Gasteiger partial charge on any atom is -0.493 e. The van der Waals surface area contributed by atoms with Gasteiger partial charge in [0, 0.05) is 58.1 Å². The van der Waals surface area contributed by atoms with Crippen LogP contribution in [0.25, 0.3) is 0 Å². The van der Waals surface area contributed by atoms with Crippen molar-refractivity contribution in [1.29, 1.82) is 0 Å². The Bertz CT molecular complexity index is 1300. The Morgan fingerprint density at radius 3 is 2.74 bits per heavy atom. The number of carbonyl (C=O) groups excluding carboxylic acids is 2. The number of amides is 2. The second kappa shape index (κ2) is 11.6. The maximum atomic E-state index is 13.8. The van der Waals surface area contributed by atoms with E-state index in [1.54, 1.807) is 29.3 Å². The highest BCUT2D eigenvalue weighted by atomic mass is 32.2. The van der Waals surface area contributed by atoms with E-state index in [2.05, 4.69) is 19.9 Å². The molecule has 1 aromatic heterocycles. The van der Waals surface area contributed by atoms with E-state index in [1.807, 2.05) is 23.9 Å². The molecule has 0 saturated carbocycles. The van der Waals surface area contributed by atoms with Crippen LogP contribution in [0.1, 0.15) is 35.4 Å². The number of hydrogen-bond acceptors (Lipinski definition) is 8. The van der Waals surface area contributed by atoms with E-state index in [9.17, 15) is 18.0 Å². The first kappa shape index (κ1) is 27.6. The molecule has 4 atom stereocenters. The summed E-state index contributed by atoms with van der Waals surface area (Å²) in [4.78, 5) is 35.6. The normalized spacial score (nSPS) is 27.1. The fourth-order valence-corrected chi connectivity index (χ4v) is 6.34. The Morgan fingerprint density at radius 2 is 1.97 bits per heavy atom. The molecule has 2 bridgehead atoms. The van der Waals surface area contributed by atoms with Gasteiger partial charge in [0.2, 0.25) is 15.9 Å². The molecule has 4 heterocycles. The summed E-state index contributed by atoms with van der Waals surface area (Å²) in [5.41, 5.74) is 0.421. The minimum atomic E-state index is -3.47. The Morgan fingerprint density at radius 1 is 1.15 bits per heavy atom. The highest BCUT2D eigenvalue weighted by molar-refractivity contribution is 7.88. The highest BCUT2D eigenvalue weighted by Gasteiger charge is 2.39. The second-order valence-electron chi connectivity index (χ2n) is 10.5. The molecule has 2 aromatic rings. The van der Waals surface area contributed by atoms with Crippen LogP contribution < -0.4 is 14.8 Å². The van der Waals surface area contributed by atoms with Crippen LogP contribution in [0.4, 0.5) is 0 Å². The van der Waals surface area contributed by atoms with Gasteiger partial charge < -0.3 is 24.3 Å². The third kappa shape index (κ3) is 6.60. The van der Waals surface area contributed by atoms with E-state index in [0.29, 0.717) is 63.4 Å². The molecular weight excluding hydrogens is 524 g/mol. The van der Waals surface area contributed by atoms with Crippen LogP contribution in [0, 0.1) is 0 Å². The number of piperazine rings is 1. The van der Waals surface area contributed by atoms with Gasteiger partial charge in [0.1, 0.15) is 17.6 Å².